The van der Waals surface area contributed by atoms with E-state index in [4.69, 9.17) is 5.11 Å². The summed E-state index contributed by atoms with van der Waals surface area (Å²) in [5.41, 5.74) is -15.4. The number of hydrogen-bond donors (Lipinski definition) is 1. The molecule has 0 saturated carbocycles. The van der Waals surface area contributed by atoms with E-state index in [1.54, 1.807) is 0 Å². The molecule has 29 heavy (non-hydrogen) atoms. The van der Waals surface area contributed by atoms with Gasteiger partial charge in [0.15, 0.2) is 0 Å². The first-order valence-corrected chi connectivity index (χ1v) is 11.9. The van der Waals surface area contributed by atoms with E-state index in [9.17, 15) is 57.8 Å². The molecule has 2 atom stereocenters. The van der Waals surface area contributed by atoms with Crippen molar-refractivity contribution in [3.05, 3.63) is 0 Å². The molecule has 0 rings (SSSR count). The van der Waals surface area contributed by atoms with Crippen LogP contribution in [0.3, 0.4) is 0 Å². The normalized spacial score (nSPS) is 16.8. The second kappa shape index (κ2) is 10.1. The molecule has 0 amide bonds. The van der Waals surface area contributed by atoms with Gasteiger partial charge < -0.3 is 10.2 Å². The van der Waals surface area contributed by atoms with Gasteiger partial charge in [0.05, 0.1) is 0 Å². The van der Waals surface area contributed by atoms with Crippen LogP contribution in [0.15, 0.2) is 0 Å². The smallest absolute Gasteiger partial charge is 0.426 e. The van der Waals surface area contributed by atoms with Crippen LogP contribution in [0.4, 0.5) is 52.7 Å². The summed E-state index contributed by atoms with van der Waals surface area (Å²) in [5, 5.41) is 18.6. The van der Waals surface area contributed by atoms with Crippen molar-refractivity contribution in [2.45, 2.75) is 83.7 Å². The van der Waals surface area contributed by atoms with Crippen LogP contribution in [0, 0.1) is 0 Å². The second-order valence-electron chi connectivity index (χ2n) is 6.05. The molecule has 2 unspecified atom stereocenters. The first kappa shape index (κ1) is 31.2. The molecule has 0 aromatic heterocycles. The standard InChI is InChI=1S/C6HF12O2.2C4H9.Bi/c7-3(8,9)1(19,4(10,11)12)2(20,5(13,14)15)6(16,17)18;2*1-3-4-2;/h19H;2*3H,4H2,1-2H3;/q-1;;;+1. The van der Waals surface area contributed by atoms with Crippen molar-refractivity contribution >= 4 is 23.2 Å². The fourth-order valence-electron chi connectivity index (χ4n) is 1.78. The van der Waals surface area contributed by atoms with Gasteiger partial charge in [0, 0.05) is 0 Å². The number of alkyl halides is 12. The average Bonchev–Trinajstić information content (AvgIpc) is 2.49. The second-order valence-corrected chi connectivity index (χ2v) is 14.1. The molecule has 0 aliphatic carbocycles. The maximum Gasteiger partial charge on any atom is 0.426 e. The molecule has 176 valence electrons. The van der Waals surface area contributed by atoms with Gasteiger partial charge in [-0.3, -0.25) is 0 Å². The van der Waals surface area contributed by atoms with Crippen LogP contribution in [0.25, 0.3) is 0 Å². The number of hydrogen-bond acceptors (Lipinski definition) is 2. The van der Waals surface area contributed by atoms with E-state index in [0.29, 0.717) is 0 Å². The van der Waals surface area contributed by atoms with E-state index in [2.05, 4.69) is 27.7 Å². The summed E-state index contributed by atoms with van der Waals surface area (Å²) < 4.78 is 146. The van der Waals surface area contributed by atoms with Crippen LogP contribution in [-0.2, 0) is 0 Å². The topological polar surface area (TPSA) is 43.3 Å². The first-order chi connectivity index (χ1) is 12.5. The Morgan fingerprint density at radius 1 is 0.655 bits per heavy atom. The first-order valence-electron chi connectivity index (χ1n) is 7.85. The van der Waals surface area contributed by atoms with Gasteiger partial charge in [-0.15, -0.1) is 0 Å². The Kier molecular flexibility index (Phi) is 10.8. The molecule has 2 nitrogen and oxygen atoms in total. The predicted octanol–water partition coefficient (Wildman–Crippen LogP) is 5.19. The molecule has 0 aliphatic heterocycles. The van der Waals surface area contributed by atoms with Crippen molar-refractivity contribution in [2.75, 3.05) is 0 Å². The van der Waals surface area contributed by atoms with Gasteiger partial charge in [0.25, 0.3) is 5.60 Å². The predicted molar refractivity (Wildman–Crippen MR) is 77.1 cm³/mol. The third-order valence-electron chi connectivity index (χ3n) is 3.82. The third-order valence-corrected chi connectivity index (χ3v) is 10.6. The zero-order valence-electron chi connectivity index (χ0n) is 15.4. The maximum atomic E-state index is 12.0. The Morgan fingerprint density at radius 3 is 1.00 bits per heavy atom. The van der Waals surface area contributed by atoms with E-state index in [0.717, 1.165) is 7.25 Å². The summed E-state index contributed by atoms with van der Waals surface area (Å²) in [4.78, 5) is 0. The van der Waals surface area contributed by atoms with Crippen LogP contribution >= 0.6 is 0 Å². The van der Waals surface area contributed by atoms with Gasteiger partial charge in [0.1, 0.15) is 5.60 Å². The minimum Gasteiger partial charge on any atom is -0.834 e. The van der Waals surface area contributed by atoms with Crippen LogP contribution in [0.1, 0.15) is 40.5 Å². The summed E-state index contributed by atoms with van der Waals surface area (Å²) in [5.74, 6) is 0. The fraction of sp³-hybridized carbons (Fsp3) is 1.00. The molecule has 15 heteroatoms. The molecule has 2 radical (unpaired) electrons. The summed E-state index contributed by atoms with van der Waals surface area (Å²) in [6.45, 7) is 9.47. The maximum absolute atomic E-state index is 12.0. The van der Waals surface area contributed by atoms with Crippen molar-refractivity contribution in [1.29, 1.82) is 0 Å². The number of aliphatic hydroxyl groups is 1. The van der Waals surface area contributed by atoms with Crippen LogP contribution in [0.5, 0.6) is 0 Å². The molecule has 0 aromatic carbocycles. The summed E-state index contributed by atoms with van der Waals surface area (Å²) in [6.07, 6.45) is -27.6. The Hall–Kier alpha value is -0.0369. The van der Waals surface area contributed by atoms with Gasteiger partial charge in [0.2, 0.25) is 0 Å². The zero-order chi connectivity index (χ0) is 24.3. The molecule has 0 spiro atoms. The molecule has 0 aromatic rings. The van der Waals surface area contributed by atoms with Crippen molar-refractivity contribution in [3.63, 3.8) is 0 Å². The summed E-state index contributed by atoms with van der Waals surface area (Å²) in [6, 6.07) is 0. The van der Waals surface area contributed by atoms with Crippen molar-refractivity contribution in [1.82, 2.24) is 0 Å². The minimum atomic E-state index is -7.75. The van der Waals surface area contributed by atoms with Crippen molar-refractivity contribution in [3.8, 4) is 0 Å². The van der Waals surface area contributed by atoms with E-state index in [-0.39, 0.29) is 23.2 Å². The number of rotatable bonds is 5. The summed E-state index contributed by atoms with van der Waals surface area (Å²) in [7, 11) is 0. The van der Waals surface area contributed by atoms with E-state index in [1.165, 1.54) is 12.8 Å². The van der Waals surface area contributed by atoms with Crippen LogP contribution < -0.4 is 5.11 Å². The van der Waals surface area contributed by atoms with Crippen LogP contribution in [0.2, 0.25) is 7.25 Å². The van der Waals surface area contributed by atoms with E-state index >= 15 is 0 Å². The molecular weight excluding hydrogens is 637 g/mol. The summed E-state index contributed by atoms with van der Waals surface area (Å²) >= 11 is -0.0849. The van der Waals surface area contributed by atoms with Gasteiger partial charge in [-0.05, 0) is 0 Å². The Labute approximate surface area is 170 Å². The quantitative estimate of drug-likeness (QED) is 0.327. The van der Waals surface area contributed by atoms with Gasteiger partial charge >= 0.3 is 95.7 Å². The zero-order valence-corrected chi connectivity index (χ0v) is 18.9. The fourth-order valence-corrected chi connectivity index (χ4v) is 6.79. The Bertz CT molecular complexity index is 423. The monoisotopic (exact) mass is 656 g/mol. The Balaban J connectivity index is 0. The molecule has 0 heterocycles. The molecule has 0 aliphatic rings. The van der Waals surface area contributed by atoms with Crippen LogP contribution in [-0.4, -0.2) is 64.2 Å². The third kappa shape index (κ3) is 6.72. The molecule has 0 bridgehead atoms. The van der Waals surface area contributed by atoms with Crippen molar-refractivity contribution < 1.29 is 62.9 Å². The number of halogens is 12. The molecule has 0 saturated heterocycles. The SMILES string of the molecule is CC[CH](C)[Bi+][CH](C)CC.[O-]C(C(F)(F)F)(C(F)(F)F)C(O)(C(F)(F)F)C(F)(F)F. The molecule has 1 N–H and O–H groups in total. The van der Waals surface area contributed by atoms with E-state index < -0.39 is 35.9 Å². The van der Waals surface area contributed by atoms with Gasteiger partial charge in [-0.2, -0.15) is 52.7 Å². The molecular formula is C14H19BiF12O2. The van der Waals surface area contributed by atoms with Crippen molar-refractivity contribution in [2.24, 2.45) is 0 Å². The molecule has 0 fully saturated rings. The average molecular weight is 656 g/mol. The Morgan fingerprint density at radius 2 is 0.897 bits per heavy atom. The van der Waals surface area contributed by atoms with E-state index in [1.807, 2.05) is 0 Å². The largest absolute Gasteiger partial charge is 0.834 e. The van der Waals surface area contributed by atoms with Gasteiger partial charge in [-0.1, -0.05) is 0 Å². The minimum absolute atomic E-state index is 0.0849. The van der Waals surface area contributed by atoms with Gasteiger partial charge in [-0.25, -0.2) is 0 Å².